The number of methoxy groups -OCH3 is 1. The zero-order valence-corrected chi connectivity index (χ0v) is 12.2. The van der Waals surface area contributed by atoms with Crippen LogP contribution in [-0.2, 0) is 4.79 Å². The first kappa shape index (κ1) is 13.9. The molecule has 0 saturated carbocycles. The fourth-order valence-corrected chi connectivity index (χ4v) is 2.93. The van der Waals surface area contributed by atoms with Crippen LogP contribution in [-0.4, -0.2) is 43.7 Å². The second kappa shape index (κ2) is 5.77. The molecule has 1 saturated heterocycles. The maximum absolute atomic E-state index is 12.6. The summed E-state index contributed by atoms with van der Waals surface area (Å²) in [7, 11) is 1.62. The van der Waals surface area contributed by atoms with Crippen molar-refractivity contribution in [1.29, 1.82) is 0 Å². The number of carbonyl (C=O) groups excluding carboxylic acids is 1. The van der Waals surface area contributed by atoms with Gasteiger partial charge in [-0.05, 0) is 31.1 Å². The average Bonchev–Trinajstić information content (AvgIpc) is 3.01. The lowest BCUT2D eigenvalue weighted by Crippen LogP contribution is -2.41. The topological polar surface area (TPSA) is 64.8 Å². The maximum Gasteiger partial charge on any atom is 0.253 e. The second-order valence-electron chi connectivity index (χ2n) is 5.39. The lowest BCUT2D eigenvalue weighted by Gasteiger charge is -2.26. The quantitative estimate of drug-likeness (QED) is 0.913. The van der Waals surface area contributed by atoms with Gasteiger partial charge in [0.25, 0.3) is 5.91 Å². The molecule has 112 valence electrons. The number of nitrogens with zero attached hydrogens (tertiary/aromatic N) is 1. The van der Waals surface area contributed by atoms with E-state index < -0.39 is 0 Å². The van der Waals surface area contributed by atoms with E-state index in [1.54, 1.807) is 7.11 Å². The van der Waals surface area contributed by atoms with Gasteiger partial charge in [-0.3, -0.25) is 4.79 Å². The van der Waals surface area contributed by atoms with Crippen LogP contribution in [0.2, 0.25) is 0 Å². The van der Waals surface area contributed by atoms with E-state index in [2.05, 4.69) is 0 Å². The summed E-state index contributed by atoms with van der Waals surface area (Å²) in [6.07, 6.45) is 3.92. The molecule has 0 aromatic heterocycles. The van der Waals surface area contributed by atoms with Crippen molar-refractivity contribution in [3.8, 4) is 11.5 Å². The van der Waals surface area contributed by atoms with Gasteiger partial charge in [-0.2, -0.15) is 0 Å². The molecular weight excluding hydrogens is 268 g/mol. The van der Waals surface area contributed by atoms with Crippen LogP contribution in [0.3, 0.4) is 0 Å². The van der Waals surface area contributed by atoms with Crippen LogP contribution in [0.15, 0.2) is 23.8 Å². The monoisotopic (exact) mass is 288 g/mol. The number of hydrogen-bond donors (Lipinski definition) is 1. The van der Waals surface area contributed by atoms with E-state index in [4.69, 9.17) is 15.2 Å². The Labute approximate surface area is 124 Å². The van der Waals surface area contributed by atoms with Crippen molar-refractivity contribution in [2.24, 2.45) is 5.73 Å². The van der Waals surface area contributed by atoms with Crippen LogP contribution in [0, 0.1) is 0 Å². The fourth-order valence-electron chi connectivity index (χ4n) is 2.93. The zero-order chi connectivity index (χ0) is 14.8. The highest BCUT2D eigenvalue weighted by Gasteiger charge is 2.30. The Kier molecular flexibility index (Phi) is 3.84. The Morgan fingerprint density at radius 2 is 2.38 bits per heavy atom. The van der Waals surface area contributed by atoms with Gasteiger partial charge < -0.3 is 20.1 Å². The minimum Gasteiger partial charge on any atom is -0.497 e. The third-order valence-electron chi connectivity index (χ3n) is 4.12. The molecular formula is C16H20N2O3. The minimum absolute atomic E-state index is 0.0458. The molecule has 0 unspecified atom stereocenters. The number of nitrogens with two attached hydrogens (primary N) is 1. The standard InChI is InChI=1S/C16H20N2O3/c1-20-14-5-4-11-7-12(10-21-15(11)8-14)16(19)18-6-2-3-13(18)9-17/h4-5,7-8,13H,2-3,6,9-10,17H2,1H3/t13-/m1/s1. The first-order valence-corrected chi connectivity index (χ1v) is 7.25. The van der Waals surface area contributed by atoms with Gasteiger partial charge in [0, 0.05) is 30.8 Å². The molecule has 1 aromatic rings. The summed E-state index contributed by atoms with van der Waals surface area (Å²) >= 11 is 0. The minimum atomic E-state index is 0.0458. The van der Waals surface area contributed by atoms with Crippen molar-refractivity contribution in [2.45, 2.75) is 18.9 Å². The van der Waals surface area contributed by atoms with E-state index >= 15 is 0 Å². The molecule has 1 fully saturated rings. The number of ether oxygens (including phenoxy) is 2. The number of hydrogen-bond acceptors (Lipinski definition) is 4. The molecule has 0 bridgehead atoms. The van der Waals surface area contributed by atoms with Gasteiger partial charge >= 0.3 is 0 Å². The van der Waals surface area contributed by atoms with Crippen LogP contribution in [0.1, 0.15) is 18.4 Å². The van der Waals surface area contributed by atoms with Gasteiger partial charge in [0.05, 0.1) is 12.7 Å². The molecule has 0 spiro atoms. The van der Waals surface area contributed by atoms with E-state index in [0.29, 0.717) is 18.7 Å². The maximum atomic E-state index is 12.6. The van der Waals surface area contributed by atoms with Crippen molar-refractivity contribution in [2.75, 3.05) is 26.8 Å². The van der Waals surface area contributed by atoms with Gasteiger partial charge in [0.15, 0.2) is 0 Å². The van der Waals surface area contributed by atoms with Gasteiger partial charge in [-0.15, -0.1) is 0 Å². The summed E-state index contributed by atoms with van der Waals surface area (Å²) in [6.45, 7) is 1.61. The number of amides is 1. The summed E-state index contributed by atoms with van der Waals surface area (Å²) in [4.78, 5) is 14.5. The molecule has 0 aliphatic carbocycles. The molecule has 5 heteroatoms. The van der Waals surface area contributed by atoms with Crippen molar-refractivity contribution in [1.82, 2.24) is 4.90 Å². The van der Waals surface area contributed by atoms with Crippen molar-refractivity contribution in [3.63, 3.8) is 0 Å². The van der Waals surface area contributed by atoms with Crippen LogP contribution >= 0.6 is 0 Å². The molecule has 21 heavy (non-hydrogen) atoms. The average molecular weight is 288 g/mol. The number of fused-ring (bicyclic) bond motifs is 1. The molecule has 0 radical (unpaired) electrons. The van der Waals surface area contributed by atoms with Crippen LogP contribution in [0.4, 0.5) is 0 Å². The highest BCUT2D eigenvalue weighted by atomic mass is 16.5. The smallest absolute Gasteiger partial charge is 0.253 e. The zero-order valence-electron chi connectivity index (χ0n) is 12.2. The molecule has 3 rings (SSSR count). The van der Waals surface area contributed by atoms with Crippen LogP contribution in [0.25, 0.3) is 6.08 Å². The lowest BCUT2D eigenvalue weighted by atomic mass is 10.1. The molecule has 1 atom stereocenters. The van der Waals surface area contributed by atoms with E-state index in [-0.39, 0.29) is 11.9 Å². The van der Waals surface area contributed by atoms with Gasteiger partial charge in [-0.1, -0.05) is 0 Å². The number of benzene rings is 1. The Bertz CT molecular complexity index is 583. The van der Waals surface area contributed by atoms with E-state index in [9.17, 15) is 4.79 Å². The molecule has 2 heterocycles. The largest absolute Gasteiger partial charge is 0.497 e. The Morgan fingerprint density at radius 3 is 3.14 bits per heavy atom. The molecule has 1 amide bonds. The Balaban J connectivity index is 1.83. The molecule has 1 aromatic carbocycles. The summed E-state index contributed by atoms with van der Waals surface area (Å²) in [6, 6.07) is 5.78. The summed E-state index contributed by atoms with van der Waals surface area (Å²) < 4.78 is 10.9. The van der Waals surface area contributed by atoms with Crippen molar-refractivity contribution >= 4 is 12.0 Å². The molecule has 2 aliphatic rings. The Morgan fingerprint density at radius 1 is 1.52 bits per heavy atom. The number of likely N-dealkylation sites (tertiary alicyclic amines) is 1. The van der Waals surface area contributed by atoms with Crippen molar-refractivity contribution < 1.29 is 14.3 Å². The van der Waals surface area contributed by atoms with Gasteiger partial charge in [0.1, 0.15) is 18.1 Å². The number of rotatable bonds is 3. The molecule has 2 aliphatic heterocycles. The van der Waals surface area contributed by atoms with Crippen LogP contribution in [0.5, 0.6) is 11.5 Å². The first-order valence-electron chi connectivity index (χ1n) is 7.25. The SMILES string of the molecule is COc1ccc2c(c1)OCC(C(=O)N1CCC[C@@H]1CN)=C2. The van der Waals surface area contributed by atoms with Crippen molar-refractivity contribution in [3.05, 3.63) is 29.3 Å². The van der Waals surface area contributed by atoms with E-state index in [1.807, 2.05) is 29.2 Å². The third-order valence-corrected chi connectivity index (χ3v) is 4.12. The second-order valence-corrected chi connectivity index (χ2v) is 5.39. The summed E-state index contributed by atoms with van der Waals surface area (Å²) in [5.41, 5.74) is 7.34. The normalized spacial score (nSPS) is 20.6. The molecule has 2 N–H and O–H groups in total. The highest BCUT2D eigenvalue weighted by molar-refractivity contribution is 5.99. The Hall–Kier alpha value is -2.01. The third kappa shape index (κ3) is 2.61. The first-order chi connectivity index (χ1) is 10.2. The summed E-state index contributed by atoms with van der Waals surface area (Å²) in [5.74, 6) is 1.55. The fraction of sp³-hybridized carbons (Fsp3) is 0.438. The highest BCUT2D eigenvalue weighted by Crippen LogP contribution is 2.31. The number of carbonyl (C=O) groups is 1. The van der Waals surface area contributed by atoms with Crippen LogP contribution < -0.4 is 15.2 Å². The lowest BCUT2D eigenvalue weighted by molar-refractivity contribution is -0.128. The predicted molar refractivity (Wildman–Crippen MR) is 80.3 cm³/mol. The summed E-state index contributed by atoms with van der Waals surface area (Å²) in [5, 5.41) is 0. The predicted octanol–water partition coefficient (Wildman–Crippen LogP) is 1.42. The van der Waals surface area contributed by atoms with Gasteiger partial charge in [-0.25, -0.2) is 0 Å². The van der Waals surface area contributed by atoms with Gasteiger partial charge in [0.2, 0.25) is 0 Å². The molecule has 5 nitrogen and oxygen atoms in total. The van der Waals surface area contributed by atoms with E-state index in [0.717, 1.165) is 36.4 Å². The van der Waals surface area contributed by atoms with E-state index in [1.165, 1.54) is 0 Å².